The number of nitrogen functional groups attached to an aromatic ring is 1. The van der Waals surface area contributed by atoms with Crippen LogP contribution in [-0.4, -0.2) is 55.5 Å². The maximum Gasteiger partial charge on any atom is 0.253 e. The standard InChI is InChI=1S/C16H25N3O2/c1-4-21-15-8-7-12(10-14(15)17)16(20)19(3)13-6-5-9-18(2)11-13/h7-8,10,13H,4-6,9,11,17H2,1-3H3. The number of nitrogens with zero attached hydrogens (tertiary/aromatic N) is 2. The largest absolute Gasteiger partial charge is 0.492 e. The molecule has 0 aromatic heterocycles. The average molecular weight is 291 g/mol. The van der Waals surface area contributed by atoms with Gasteiger partial charge < -0.3 is 20.3 Å². The van der Waals surface area contributed by atoms with E-state index in [1.165, 1.54) is 0 Å². The Labute approximate surface area is 126 Å². The third kappa shape index (κ3) is 3.67. The van der Waals surface area contributed by atoms with E-state index in [4.69, 9.17) is 10.5 Å². The van der Waals surface area contributed by atoms with E-state index in [9.17, 15) is 4.79 Å². The monoisotopic (exact) mass is 291 g/mol. The molecule has 1 atom stereocenters. The number of rotatable bonds is 4. The molecule has 2 rings (SSSR count). The van der Waals surface area contributed by atoms with Gasteiger partial charge in [-0.15, -0.1) is 0 Å². The minimum Gasteiger partial charge on any atom is -0.492 e. The fourth-order valence-electron chi connectivity index (χ4n) is 2.79. The fraction of sp³-hybridized carbons (Fsp3) is 0.562. The first-order valence-electron chi connectivity index (χ1n) is 7.51. The quantitative estimate of drug-likeness (QED) is 0.860. The minimum atomic E-state index is 0.0186. The number of carbonyl (C=O) groups is 1. The van der Waals surface area contributed by atoms with Crippen molar-refractivity contribution in [3.8, 4) is 5.75 Å². The number of carbonyl (C=O) groups excluding carboxylic acids is 1. The van der Waals surface area contributed by atoms with Crippen LogP contribution in [0.3, 0.4) is 0 Å². The topological polar surface area (TPSA) is 58.8 Å². The lowest BCUT2D eigenvalue weighted by molar-refractivity contribution is 0.0644. The predicted molar refractivity (Wildman–Crippen MR) is 84.6 cm³/mol. The van der Waals surface area contributed by atoms with Crippen molar-refractivity contribution >= 4 is 11.6 Å². The zero-order chi connectivity index (χ0) is 15.4. The van der Waals surface area contributed by atoms with Crippen molar-refractivity contribution in [1.82, 2.24) is 9.80 Å². The smallest absolute Gasteiger partial charge is 0.253 e. The lowest BCUT2D eigenvalue weighted by Gasteiger charge is -2.36. The van der Waals surface area contributed by atoms with Crippen molar-refractivity contribution in [3.05, 3.63) is 23.8 Å². The summed E-state index contributed by atoms with van der Waals surface area (Å²) in [5.41, 5.74) is 7.07. The Balaban J connectivity index is 2.10. The van der Waals surface area contributed by atoms with Crippen LogP contribution in [0.1, 0.15) is 30.1 Å². The first kappa shape index (κ1) is 15.6. The molecule has 21 heavy (non-hydrogen) atoms. The molecule has 1 amide bonds. The van der Waals surface area contributed by atoms with Crippen LogP contribution >= 0.6 is 0 Å². The van der Waals surface area contributed by atoms with Crippen LogP contribution in [-0.2, 0) is 0 Å². The molecule has 1 unspecified atom stereocenters. The zero-order valence-corrected chi connectivity index (χ0v) is 13.1. The van der Waals surface area contributed by atoms with E-state index in [1.54, 1.807) is 18.2 Å². The van der Waals surface area contributed by atoms with Crippen LogP contribution < -0.4 is 10.5 Å². The molecule has 5 heteroatoms. The van der Waals surface area contributed by atoms with Crippen LogP contribution in [0.4, 0.5) is 5.69 Å². The van der Waals surface area contributed by atoms with Crippen LogP contribution in [0.15, 0.2) is 18.2 Å². The summed E-state index contributed by atoms with van der Waals surface area (Å²) in [5.74, 6) is 0.652. The highest BCUT2D eigenvalue weighted by Crippen LogP contribution is 2.24. The van der Waals surface area contributed by atoms with E-state index in [1.807, 2.05) is 18.9 Å². The van der Waals surface area contributed by atoms with Crippen LogP contribution in [0.25, 0.3) is 0 Å². The molecule has 0 aliphatic carbocycles. The molecule has 1 aromatic carbocycles. The van der Waals surface area contributed by atoms with E-state index in [0.717, 1.165) is 25.9 Å². The molecular weight excluding hydrogens is 266 g/mol. The van der Waals surface area contributed by atoms with Crippen LogP contribution in [0.2, 0.25) is 0 Å². The lowest BCUT2D eigenvalue weighted by atomic mass is 10.0. The van der Waals surface area contributed by atoms with Crippen molar-refractivity contribution in [2.75, 3.05) is 39.5 Å². The second-order valence-electron chi connectivity index (χ2n) is 5.66. The minimum absolute atomic E-state index is 0.0186. The Morgan fingerprint density at radius 2 is 2.29 bits per heavy atom. The van der Waals surface area contributed by atoms with Gasteiger partial charge in [-0.1, -0.05) is 0 Å². The molecule has 0 bridgehead atoms. The highest BCUT2D eigenvalue weighted by atomic mass is 16.5. The number of hydrogen-bond donors (Lipinski definition) is 1. The second-order valence-corrected chi connectivity index (χ2v) is 5.66. The molecule has 0 spiro atoms. The first-order chi connectivity index (χ1) is 10.0. The van der Waals surface area contributed by atoms with Gasteiger partial charge in [-0.3, -0.25) is 4.79 Å². The molecule has 1 aromatic rings. The van der Waals surface area contributed by atoms with Crippen molar-refractivity contribution in [2.24, 2.45) is 0 Å². The van der Waals surface area contributed by atoms with Gasteiger partial charge in [0, 0.05) is 25.2 Å². The van der Waals surface area contributed by atoms with Crippen molar-refractivity contribution < 1.29 is 9.53 Å². The highest BCUT2D eigenvalue weighted by Gasteiger charge is 2.25. The third-order valence-electron chi connectivity index (χ3n) is 4.02. The van der Waals surface area contributed by atoms with Gasteiger partial charge >= 0.3 is 0 Å². The molecule has 0 radical (unpaired) electrons. The molecular formula is C16H25N3O2. The average Bonchev–Trinajstić information content (AvgIpc) is 2.48. The zero-order valence-electron chi connectivity index (χ0n) is 13.1. The fourth-order valence-corrected chi connectivity index (χ4v) is 2.79. The Kier molecular flexibility index (Phi) is 5.07. The Bertz CT molecular complexity index is 504. The van der Waals surface area contributed by atoms with Crippen LogP contribution in [0.5, 0.6) is 5.75 Å². The number of likely N-dealkylation sites (tertiary alicyclic amines) is 1. The molecule has 1 aliphatic rings. The number of amides is 1. The number of benzene rings is 1. The Morgan fingerprint density at radius 3 is 2.90 bits per heavy atom. The lowest BCUT2D eigenvalue weighted by Crippen LogP contribution is -2.47. The van der Waals surface area contributed by atoms with Gasteiger partial charge in [-0.05, 0) is 51.6 Å². The Hall–Kier alpha value is -1.75. The first-order valence-corrected chi connectivity index (χ1v) is 7.51. The van der Waals surface area contributed by atoms with Crippen molar-refractivity contribution in [3.63, 3.8) is 0 Å². The molecule has 1 fully saturated rings. The highest BCUT2D eigenvalue weighted by molar-refractivity contribution is 5.95. The molecule has 1 heterocycles. The predicted octanol–water partition coefficient (Wildman–Crippen LogP) is 1.83. The number of likely N-dealkylation sites (N-methyl/N-ethyl adjacent to an activating group) is 2. The van der Waals surface area contributed by atoms with Crippen molar-refractivity contribution in [2.45, 2.75) is 25.8 Å². The van der Waals surface area contributed by atoms with E-state index in [2.05, 4.69) is 11.9 Å². The number of nitrogens with two attached hydrogens (primary N) is 1. The summed E-state index contributed by atoms with van der Waals surface area (Å²) in [7, 11) is 3.97. The molecule has 116 valence electrons. The van der Waals surface area contributed by atoms with E-state index in [-0.39, 0.29) is 11.9 Å². The molecule has 2 N–H and O–H groups in total. The summed E-state index contributed by atoms with van der Waals surface area (Å²) in [6.45, 7) is 4.50. The summed E-state index contributed by atoms with van der Waals surface area (Å²) < 4.78 is 5.41. The summed E-state index contributed by atoms with van der Waals surface area (Å²) in [5, 5.41) is 0. The van der Waals surface area contributed by atoms with E-state index >= 15 is 0 Å². The molecule has 1 saturated heterocycles. The summed E-state index contributed by atoms with van der Waals surface area (Å²) in [6, 6.07) is 5.53. The van der Waals surface area contributed by atoms with Gasteiger partial charge in [-0.25, -0.2) is 0 Å². The van der Waals surface area contributed by atoms with Gasteiger partial charge in [-0.2, -0.15) is 0 Å². The molecule has 1 aliphatic heterocycles. The maximum atomic E-state index is 12.6. The van der Waals surface area contributed by atoms with Gasteiger partial charge in [0.1, 0.15) is 5.75 Å². The van der Waals surface area contributed by atoms with E-state index in [0.29, 0.717) is 23.6 Å². The van der Waals surface area contributed by atoms with Crippen LogP contribution in [0, 0.1) is 0 Å². The van der Waals surface area contributed by atoms with E-state index < -0.39 is 0 Å². The van der Waals surface area contributed by atoms with Crippen molar-refractivity contribution in [1.29, 1.82) is 0 Å². The Morgan fingerprint density at radius 1 is 1.52 bits per heavy atom. The van der Waals surface area contributed by atoms with Gasteiger partial charge in [0.05, 0.1) is 12.3 Å². The number of ether oxygens (including phenoxy) is 1. The number of hydrogen-bond acceptors (Lipinski definition) is 4. The van der Waals surface area contributed by atoms with Gasteiger partial charge in [0.2, 0.25) is 0 Å². The number of anilines is 1. The van der Waals surface area contributed by atoms with Gasteiger partial charge in [0.15, 0.2) is 0 Å². The second kappa shape index (κ2) is 6.80. The molecule has 5 nitrogen and oxygen atoms in total. The molecule has 0 saturated carbocycles. The van der Waals surface area contributed by atoms with Gasteiger partial charge in [0.25, 0.3) is 5.91 Å². The summed E-state index contributed by atoms with van der Waals surface area (Å²) in [4.78, 5) is 16.7. The summed E-state index contributed by atoms with van der Waals surface area (Å²) in [6.07, 6.45) is 2.18. The SMILES string of the molecule is CCOc1ccc(C(=O)N(C)C2CCCN(C)C2)cc1N. The number of piperidine rings is 1. The third-order valence-corrected chi connectivity index (χ3v) is 4.02. The summed E-state index contributed by atoms with van der Waals surface area (Å²) >= 11 is 0. The maximum absolute atomic E-state index is 12.6. The normalized spacial score (nSPS) is 19.3.